The molecule has 2 aliphatic rings. The van der Waals surface area contributed by atoms with E-state index in [9.17, 15) is 4.79 Å². The molecule has 0 radical (unpaired) electrons. The minimum absolute atomic E-state index is 0. The van der Waals surface area contributed by atoms with Gasteiger partial charge in [0.1, 0.15) is 0 Å². The average Bonchev–Trinajstić information content (AvgIpc) is 3.40. The summed E-state index contributed by atoms with van der Waals surface area (Å²) in [6.07, 6.45) is 5.06. The van der Waals surface area contributed by atoms with E-state index in [4.69, 9.17) is 0 Å². The lowest BCUT2D eigenvalue weighted by atomic mass is 9.90. The molecule has 5 nitrogen and oxygen atoms in total. The molecule has 0 spiro atoms. The maximum atomic E-state index is 13.1. The molecular weight excluding hydrogens is 380 g/mol. The first-order valence-electron chi connectivity index (χ1n) is 9.36. The van der Waals surface area contributed by atoms with E-state index < -0.39 is 0 Å². The summed E-state index contributed by atoms with van der Waals surface area (Å²) >= 11 is 1.90. The fourth-order valence-electron chi connectivity index (χ4n) is 4.05. The summed E-state index contributed by atoms with van der Waals surface area (Å²) in [6.45, 7) is 3.44. The molecule has 1 N–H and O–H groups in total. The average molecular weight is 407 g/mol. The van der Waals surface area contributed by atoms with E-state index in [2.05, 4.69) is 39.6 Å². The van der Waals surface area contributed by atoms with Crippen LogP contribution in [0.2, 0.25) is 0 Å². The van der Waals surface area contributed by atoms with Gasteiger partial charge >= 0.3 is 0 Å². The molecule has 1 aromatic heterocycles. The summed E-state index contributed by atoms with van der Waals surface area (Å²) in [5.74, 6) is 2.28. The number of hydrogen-bond acceptors (Lipinski definition) is 4. The van der Waals surface area contributed by atoms with Crippen molar-refractivity contribution in [1.82, 2.24) is 20.0 Å². The maximum absolute atomic E-state index is 13.1. The van der Waals surface area contributed by atoms with E-state index in [0.717, 1.165) is 38.4 Å². The van der Waals surface area contributed by atoms with Crippen LogP contribution in [0, 0.1) is 11.8 Å². The van der Waals surface area contributed by atoms with Gasteiger partial charge in [-0.15, -0.1) is 24.2 Å². The summed E-state index contributed by atoms with van der Waals surface area (Å²) < 4.78 is 1.82. The molecule has 146 valence electrons. The fraction of sp³-hybridized carbons (Fsp3) is 0.500. The van der Waals surface area contributed by atoms with Gasteiger partial charge in [0.05, 0.1) is 12.1 Å². The van der Waals surface area contributed by atoms with Crippen LogP contribution in [0.15, 0.2) is 47.6 Å². The molecule has 2 aliphatic heterocycles. The number of aromatic nitrogens is 2. The second-order valence-electron chi connectivity index (χ2n) is 7.38. The lowest BCUT2D eigenvalue weighted by Gasteiger charge is -2.24. The zero-order valence-electron chi connectivity index (χ0n) is 15.6. The van der Waals surface area contributed by atoms with Crippen molar-refractivity contribution in [2.75, 3.05) is 31.9 Å². The van der Waals surface area contributed by atoms with Gasteiger partial charge < -0.3 is 10.2 Å². The van der Waals surface area contributed by atoms with Crippen molar-refractivity contribution in [3.63, 3.8) is 0 Å². The van der Waals surface area contributed by atoms with Gasteiger partial charge in [-0.3, -0.25) is 9.48 Å². The van der Waals surface area contributed by atoms with Gasteiger partial charge in [-0.2, -0.15) is 5.10 Å². The standard InChI is InChI=1S/C20H26N4OS.ClH/c1-23-13-16(9-22-23)18-10-21-11-19(18)20(25)24-8-7-15(12-24)14-26-17-5-3-2-4-6-17;/h2-6,9,13,15,18-19,21H,7-8,10-12,14H2,1H3;1H/t15?,18-,19+;/m1./s1. The van der Waals surface area contributed by atoms with Gasteiger partial charge in [-0.05, 0) is 30.0 Å². The third-order valence-corrected chi connectivity index (χ3v) is 6.75. The molecule has 3 atom stereocenters. The molecule has 4 rings (SSSR count). The molecule has 1 aromatic carbocycles. The van der Waals surface area contributed by atoms with Crippen LogP contribution in [-0.4, -0.2) is 52.5 Å². The highest BCUT2D eigenvalue weighted by atomic mass is 35.5. The van der Waals surface area contributed by atoms with Crippen molar-refractivity contribution >= 4 is 30.1 Å². The van der Waals surface area contributed by atoms with E-state index >= 15 is 0 Å². The number of benzene rings is 1. The topological polar surface area (TPSA) is 50.2 Å². The largest absolute Gasteiger partial charge is 0.342 e. The number of carbonyl (C=O) groups excluding carboxylic acids is 1. The summed E-state index contributed by atoms with van der Waals surface area (Å²) in [5, 5.41) is 7.68. The van der Waals surface area contributed by atoms with Crippen LogP contribution in [0.5, 0.6) is 0 Å². The maximum Gasteiger partial charge on any atom is 0.227 e. The molecule has 3 heterocycles. The van der Waals surface area contributed by atoms with Crippen LogP contribution in [0.25, 0.3) is 0 Å². The van der Waals surface area contributed by atoms with Crippen LogP contribution >= 0.6 is 24.2 Å². The molecular formula is C20H27ClN4OS. The Morgan fingerprint density at radius 2 is 2.11 bits per heavy atom. The van der Waals surface area contributed by atoms with Crippen molar-refractivity contribution in [3.05, 3.63) is 48.3 Å². The number of aryl methyl sites for hydroxylation is 1. The van der Waals surface area contributed by atoms with E-state index in [0.29, 0.717) is 11.8 Å². The number of nitrogens with zero attached hydrogens (tertiary/aromatic N) is 3. The van der Waals surface area contributed by atoms with E-state index in [1.54, 1.807) is 0 Å². The van der Waals surface area contributed by atoms with Gasteiger partial charge in [-0.1, -0.05) is 18.2 Å². The summed E-state index contributed by atoms with van der Waals surface area (Å²) in [6, 6.07) is 10.5. The van der Waals surface area contributed by atoms with Crippen molar-refractivity contribution in [1.29, 1.82) is 0 Å². The van der Waals surface area contributed by atoms with Gasteiger partial charge in [0.25, 0.3) is 0 Å². The number of thioether (sulfide) groups is 1. The zero-order valence-corrected chi connectivity index (χ0v) is 17.2. The van der Waals surface area contributed by atoms with Crippen molar-refractivity contribution in [2.45, 2.75) is 17.2 Å². The molecule has 1 unspecified atom stereocenters. The predicted molar refractivity (Wildman–Crippen MR) is 111 cm³/mol. The number of amides is 1. The Bertz CT molecular complexity index is 753. The third kappa shape index (κ3) is 4.68. The van der Waals surface area contributed by atoms with Crippen LogP contribution in [0.3, 0.4) is 0 Å². The van der Waals surface area contributed by atoms with E-state index in [-0.39, 0.29) is 24.2 Å². The molecule has 0 bridgehead atoms. The van der Waals surface area contributed by atoms with E-state index in [1.807, 2.05) is 42.0 Å². The second kappa shape index (κ2) is 9.13. The predicted octanol–water partition coefficient (Wildman–Crippen LogP) is 2.79. The Hall–Kier alpha value is -1.50. The van der Waals surface area contributed by atoms with Crippen LogP contribution < -0.4 is 5.32 Å². The number of hydrogen-bond donors (Lipinski definition) is 1. The SMILES string of the molecule is Cl.Cn1cc([C@H]2CNC[C@@H]2C(=O)N2CCC(CSc3ccccc3)C2)cn1. The Labute approximate surface area is 171 Å². The molecule has 1 amide bonds. The zero-order chi connectivity index (χ0) is 17.9. The van der Waals surface area contributed by atoms with Crippen molar-refractivity contribution < 1.29 is 4.79 Å². The summed E-state index contributed by atoms with van der Waals surface area (Å²) in [4.78, 5) is 16.5. The Kier molecular flexibility index (Phi) is 6.84. The number of rotatable bonds is 5. The first kappa shape index (κ1) is 20.2. The van der Waals surface area contributed by atoms with Gasteiger partial charge in [-0.25, -0.2) is 0 Å². The fourth-order valence-corrected chi connectivity index (χ4v) is 5.10. The minimum Gasteiger partial charge on any atom is -0.342 e. The lowest BCUT2D eigenvalue weighted by Crippen LogP contribution is -2.37. The Balaban J connectivity index is 0.00000210. The smallest absolute Gasteiger partial charge is 0.227 e. The number of likely N-dealkylation sites (tertiary alicyclic amines) is 1. The number of nitrogens with one attached hydrogen (secondary N) is 1. The first-order valence-corrected chi connectivity index (χ1v) is 10.3. The molecule has 2 saturated heterocycles. The molecule has 2 aromatic rings. The highest BCUT2D eigenvalue weighted by molar-refractivity contribution is 7.99. The normalized spacial score (nSPS) is 24.8. The summed E-state index contributed by atoms with van der Waals surface area (Å²) in [7, 11) is 1.93. The highest BCUT2D eigenvalue weighted by Crippen LogP contribution is 2.32. The Morgan fingerprint density at radius 3 is 2.85 bits per heavy atom. The van der Waals surface area contributed by atoms with Gasteiger partial charge in [0, 0.05) is 56.0 Å². The summed E-state index contributed by atoms with van der Waals surface area (Å²) in [5.41, 5.74) is 1.17. The van der Waals surface area contributed by atoms with E-state index in [1.165, 1.54) is 10.5 Å². The highest BCUT2D eigenvalue weighted by Gasteiger charge is 2.39. The van der Waals surface area contributed by atoms with Gasteiger partial charge in [0.2, 0.25) is 5.91 Å². The van der Waals surface area contributed by atoms with Crippen molar-refractivity contribution in [3.8, 4) is 0 Å². The number of halogens is 1. The molecule has 2 fully saturated rings. The second-order valence-corrected chi connectivity index (χ2v) is 8.47. The number of carbonyl (C=O) groups is 1. The first-order chi connectivity index (χ1) is 12.7. The van der Waals surface area contributed by atoms with Crippen LogP contribution in [0.4, 0.5) is 0 Å². The Morgan fingerprint density at radius 1 is 1.30 bits per heavy atom. The van der Waals surface area contributed by atoms with Gasteiger partial charge in [0.15, 0.2) is 0 Å². The minimum atomic E-state index is 0. The van der Waals surface area contributed by atoms with Crippen LogP contribution in [0.1, 0.15) is 17.9 Å². The quantitative estimate of drug-likeness (QED) is 0.776. The molecule has 0 saturated carbocycles. The monoisotopic (exact) mass is 406 g/mol. The third-order valence-electron chi connectivity index (χ3n) is 5.51. The molecule has 27 heavy (non-hydrogen) atoms. The van der Waals surface area contributed by atoms with Crippen molar-refractivity contribution in [2.24, 2.45) is 18.9 Å². The molecule has 7 heteroatoms. The lowest BCUT2D eigenvalue weighted by molar-refractivity contribution is -0.134. The van der Waals surface area contributed by atoms with Crippen LogP contribution in [-0.2, 0) is 11.8 Å². The molecule has 0 aliphatic carbocycles.